The topological polar surface area (TPSA) is 28.7 Å². The second-order valence-electron chi connectivity index (χ2n) is 3.17. The highest BCUT2D eigenvalue weighted by Gasteiger charge is 1.95. The molecular formula is C12H12N2. The van der Waals surface area contributed by atoms with E-state index >= 15 is 0 Å². The van der Waals surface area contributed by atoms with E-state index in [2.05, 4.69) is 29.0 Å². The summed E-state index contributed by atoms with van der Waals surface area (Å²) in [4.78, 5) is 7.20. The van der Waals surface area contributed by atoms with Crippen molar-refractivity contribution in [2.24, 2.45) is 0 Å². The average molecular weight is 184 g/mol. The van der Waals surface area contributed by atoms with E-state index in [0.717, 1.165) is 5.82 Å². The lowest BCUT2D eigenvalue weighted by Crippen LogP contribution is -1.80. The first-order chi connectivity index (χ1) is 6.86. The van der Waals surface area contributed by atoms with Crippen molar-refractivity contribution in [3.63, 3.8) is 0 Å². The van der Waals surface area contributed by atoms with Crippen LogP contribution in [0.25, 0.3) is 11.6 Å². The second-order valence-corrected chi connectivity index (χ2v) is 3.17. The van der Waals surface area contributed by atoms with Gasteiger partial charge in [-0.1, -0.05) is 30.3 Å². The summed E-state index contributed by atoms with van der Waals surface area (Å²) in [7, 11) is 0. The zero-order valence-electron chi connectivity index (χ0n) is 8.07. The van der Waals surface area contributed by atoms with Crippen LogP contribution in [0.2, 0.25) is 0 Å². The van der Waals surface area contributed by atoms with E-state index < -0.39 is 0 Å². The molecule has 0 fully saturated rings. The molecule has 0 bridgehead atoms. The minimum absolute atomic E-state index is 0.895. The first-order valence-electron chi connectivity index (χ1n) is 4.59. The summed E-state index contributed by atoms with van der Waals surface area (Å²) in [5.41, 5.74) is 2.43. The molecule has 2 heteroatoms. The molecule has 0 unspecified atom stereocenters. The lowest BCUT2D eigenvalue weighted by atomic mass is 10.1. The molecule has 2 aromatic rings. The highest BCUT2D eigenvalue weighted by Crippen LogP contribution is 2.14. The van der Waals surface area contributed by atoms with Gasteiger partial charge < -0.3 is 4.98 Å². The molecule has 14 heavy (non-hydrogen) atoms. The second kappa shape index (κ2) is 3.92. The number of aromatic amines is 1. The van der Waals surface area contributed by atoms with Crippen LogP contribution in [-0.2, 0) is 0 Å². The van der Waals surface area contributed by atoms with Crippen LogP contribution in [-0.4, -0.2) is 9.97 Å². The third kappa shape index (κ3) is 1.91. The monoisotopic (exact) mass is 184 g/mol. The summed E-state index contributed by atoms with van der Waals surface area (Å²) in [6.07, 6.45) is 5.61. The fourth-order valence-electron chi connectivity index (χ4n) is 1.35. The van der Waals surface area contributed by atoms with Crippen LogP contribution < -0.4 is 0 Å². The Kier molecular flexibility index (Phi) is 2.45. The first kappa shape index (κ1) is 8.75. The Bertz CT molecular complexity index is 413. The Morgan fingerprint density at radius 1 is 1.29 bits per heavy atom. The summed E-state index contributed by atoms with van der Waals surface area (Å²) in [6.45, 7) is 2.08. The maximum absolute atomic E-state index is 4.15. The fourth-order valence-corrected chi connectivity index (χ4v) is 1.35. The molecular weight excluding hydrogens is 172 g/mol. The van der Waals surface area contributed by atoms with Gasteiger partial charge in [0.25, 0.3) is 0 Å². The molecule has 0 spiro atoms. The number of rotatable bonds is 2. The number of hydrogen-bond acceptors (Lipinski definition) is 1. The SMILES string of the molecule is CC(=Cc1ncc[nH]1)c1ccccc1. The Balaban J connectivity index is 2.29. The smallest absolute Gasteiger partial charge is 0.130 e. The highest BCUT2D eigenvalue weighted by molar-refractivity contribution is 5.78. The van der Waals surface area contributed by atoms with Crippen LogP contribution in [0, 0.1) is 0 Å². The molecule has 0 amide bonds. The Hall–Kier alpha value is -1.83. The molecule has 0 radical (unpaired) electrons. The van der Waals surface area contributed by atoms with Gasteiger partial charge in [-0.05, 0) is 24.1 Å². The number of nitrogens with one attached hydrogen (secondary N) is 1. The number of hydrogen-bond donors (Lipinski definition) is 1. The first-order valence-corrected chi connectivity index (χ1v) is 4.59. The van der Waals surface area contributed by atoms with E-state index in [1.807, 2.05) is 30.5 Å². The molecule has 0 aliphatic carbocycles. The Morgan fingerprint density at radius 3 is 2.71 bits per heavy atom. The van der Waals surface area contributed by atoms with E-state index in [1.54, 1.807) is 6.20 Å². The molecule has 1 heterocycles. The fraction of sp³-hybridized carbons (Fsp3) is 0.0833. The van der Waals surface area contributed by atoms with E-state index in [4.69, 9.17) is 0 Å². The van der Waals surface area contributed by atoms with Crippen molar-refractivity contribution in [3.05, 3.63) is 54.1 Å². The number of allylic oxidation sites excluding steroid dienone is 1. The molecule has 1 aromatic heterocycles. The van der Waals surface area contributed by atoms with Gasteiger partial charge in [-0.2, -0.15) is 0 Å². The standard InChI is InChI=1S/C12H12N2/c1-10(9-12-13-7-8-14-12)11-5-3-2-4-6-11/h2-9H,1H3,(H,13,14). The molecule has 0 aliphatic rings. The van der Waals surface area contributed by atoms with Crippen LogP contribution in [0.5, 0.6) is 0 Å². The van der Waals surface area contributed by atoms with Crippen LogP contribution in [0.4, 0.5) is 0 Å². The maximum atomic E-state index is 4.15. The minimum Gasteiger partial charge on any atom is -0.345 e. The maximum Gasteiger partial charge on any atom is 0.130 e. The van der Waals surface area contributed by atoms with Gasteiger partial charge in [0.1, 0.15) is 5.82 Å². The molecule has 1 N–H and O–H groups in total. The number of H-pyrrole nitrogens is 1. The molecule has 0 aliphatic heterocycles. The van der Waals surface area contributed by atoms with Gasteiger partial charge in [-0.15, -0.1) is 0 Å². The summed E-state index contributed by atoms with van der Waals surface area (Å²) >= 11 is 0. The van der Waals surface area contributed by atoms with Crippen LogP contribution in [0.3, 0.4) is 0 Å². The normalized spacial score (nSPS) is 11.6. The molecule has 2 rings (SSSR count). The third-order valence-corrected chi connectivity index (χ3v) is 2.10. The third-order valence-electron chi connectivity index (χ3n) is 2.10. The lowest BCUT2D eigenvalue weighted by Gasteiger charge is -1.99. The zero-order chi connectivity index (χ0) is 9.80. The number of aromatic nitrogens is 2. The molecule has 0 saturated heterocycles. The van der Waals surface area contributed by atoms with E-state index in [1.165, 1.54) is 11.1 Å². The van der Waals surface area contributed by atoms with Crippen LogP contribution >= 0.6 is 0 Å². The van der Waals surface area contributed by atoms with Gasteiger partial charge in [0.05, 0.1) is 0 Å². The van der Waals surface area contributed by atoms with Crippen molar-refractivity contribution in [2.45, 2.75) is 6.92 Å². The lowest BCUT2D eigenvalue weighted by molar-refractivity contribution is 1.26. The van der Waals surface area contributed by atoms with Crippen molar-refractivity contribution in [2.75, 3.05) is 0 Å². The molecule has 1 aromatic carbocycles. The summed E-state index contributed by atoms with van der Waals surface area (Å²) in [5, 5.41) is 0. The zero-order valence-corrected chi connectivity index (χ0v) is 8.07. The average Bonchev–Trinajstić information content (AvgIpc) is 2.72. The number of imidazole rings is 1. The molecule has 0 atom stereocenters. The molecule has 70 valence electrons. The largest absolute Gasteiger partial charge is 0.345 e. The number of nitrogens with zero attached hydrogens (tertiary/aromatic N) is 1. The van der Waals surface area contributed by atoms with Gasteiger partial charge in [0.2, 0.25) is 0 Å². The van der Waals surface area contributed by atoms with Gasteiger partial charge in [-0.25, -0.2) is 4.98 Å². The quantitative estimate of drug-likeness (QED) is 0.763. The van der Waals surface area contributed by atoms with Gasteiger partial charge >= 0.3 is 0 Å². The van der Waals surface area contributed by atoms with Crippen molar-refractivity contribution >= 4 is 11.6 Å². The highest BCUT2D eigenvalue weighted by atomic mass is 14.9. The predicted molar refractivity (Wildman–Crippen MR) is 58.6 cm³/mol. The van der Waals surface area contributed by atoms with E-state index in [-0.39, 0.29) is 0 Å². The van der Waals surface area contributed by atoms with Crippen molar-refractivity contribution in [3.8, 4) is 0 Å². The van der Waals surface area contributed by atoms with E-state index in [0.29, 0.717) is 0 Å². The van der Waals surface area contributed by atoms with Gasteiger partial charge in [0.15, 0.2) is 0 Å². The van der Waals surface area contributed by atoms with E-state index in [9.17, 15) is 0 Å². The van der Waals surface area contributed by atoms with Crippen LogP contribution in [0.15, 0.2) is 42.7 Å². The summed E-state index contributed by atoms with van der Waals surface area (Å²) in [5.74, 6) is 0.895. The Labute approximate surface area is 83.3 Å². The number of benzene rings is 1. The molecule has 2 nitrogen and oxygen atoms in total. The molecule has 0 saturated carbocycles. The minimum atomic E-state index is 0.895. The summed E-state index contributed by atoms with van der Waals surface area (Å²) < 4.78 is 0. The summed E-state index contributed by atoms with van der Waals surface area (Å²) in [6, 6.07) is 10.3. The van der Waals surface area contributed by atoms with Gasteiger partial charge in [-0.3, -0.25) is 0 Å². The van der Waals surface area contributed by atoms with Gasteiger partial charge in [0, 0.05) is 12.4 Å². The van der Waals surface area contributed by atoms with Crippen molar-refractivity contribution < 1.29 is 0 Å². The van der Waals surface area contributed by atoms with Crippen molar-refractivity contribution in [1.82, 2.24) is 9.97 Å². The van der Waals surface area contributed by atoms with Crippen molar-refractivity contribution in [1.29, 1.82) is 0 Å². The Morgan fingerprint density at radius 2 is 2.07 bits per heavy atom. The van der Waals surface area contributed by atoms with Crippen LogP contribution in [0.1, 0.15) is 18.3 Å². The predicted octanol–water partition coefficient (Wildman–Crippen LogP) is 2.97.